The number of likely N-dealkylation sites (tertiary alicyclic amines) is 2. The van der Waals surface area contributed by atoms with E-state index in [2.05, 4.69) is 24.1 Å². The number of urea groups is 1. The van der Waals surface area contributed by atoms with Gasteiger partial charge in [-0.15, -0.1) is 0 Å². The highest BCUT2D eigenvalue weighted by Gasteiger charge is 2.42. The van der Waals surface area contributed by atoms with Crippen molar-refractivity contribution in [3.8, 4) is 0 Å². The fourth-order valence-corrected chi connectivity index (χ4v) is 4.35. The molecular weight excluding hydrogens is 411 g/mol. The van der Waals surface area contributed by atoms with E-state index >= 15 is 0 Å². The van der Waals surface area contributed by atoms with Crippen LogP contribution in [-0.2, 0) is 4.79 Å². The number of carboxylic acid groups (broad SMARTS) is 1. The average molecular weight is 444 g/mol. The van der Waals surface area contributed by atoms with Gasteiger partial charge in [0, 0.05) is 37.3 Å². The van der Waals surface area contributed by atoms with Gasteiger partial charge in [-0.1, -0.05) is 26.0 Å². The Hall–Kier alpha value is -2.29. The van der Waals surface area contributed by atoms with Gasteiger partial charge >= 0.3 is 18.2 Å². The second-order valence-electron chi connectivity index (χ2n) is 9.01. The summed E-state index contributed by atoms with van der Waals surface area (Å²) < 4.78 is 31.7. The minimum Gasteiger partial charge on any atom is -0.475 e. The molecule has 2 saturated heterocycles. The summed E-state index contributed by atoms with van der Waals surface area (Å²) in [4.78, 5) is 26.1. The number of carbonyl (C=O) groups is 2. The molecule has 3 rings (SSSR count). The molecule has 2 fully saturated rings. The number of nitrogens with one attached hydrogen (secondary N) is 1. The Morgan fingerprint density at radius 3 is 2.45 bits per heavy atom. The molecule has 2 aliphatic rings. The van der Waals surface area contributed by atoms with Gasteiger partial charge in [-0.3, -0.25) is 0 Å². The lowest BCUT2D eigenvalue weighted by molar-refractivity contribution is -0.192. The predicted octanol–water partition coefficient (Wildman–Crippen LogP) is 4.60. The Labute approximate surface area is 181 Å². The van der Waals surface area contributed by atoms with Crippen molar-refractivity contribution in [2.24, 2.45) is 11.3 Å². The molecule has 0 saturated carbocycles. The molecule has 174 valence electrons. The van der Waals surface area contributed by atoms with E-state index in [-0.39, 0.29) is 6.03 Å². The largest absolute Gasteiger partial charge is 0.490 e. The van der Waals surface area contributed by atoms with Gasteiger partial charge in [0.25, 0.3) is 0 Å². The molecule has 1 aromatic rings. The topological polar surface area (TPSA) is 72.9 Å². The van der Waals surface area contributed by atoms with Gasteiger partial charge in [-0.2, -0.15) is 13.2 Å². The standard InChI is InChI=1S/C20H31N3O.C2HF3O2/c1-16(2)13-22-10-5-8-20(14-22)9-11-23(15-20)19(24)21-18-7-4-6-17(3)12-18;3-2(4,5)1(6)7/h4,6-7,12,16H,5,8-11,13-15H2,1-3H3,(H,21,24);(H,6,7). The monoisotopic (exact) mass is 443 g/mol. The number of anilines is 1. The van der Waals surface area contributed by atoms with Crippen molar-refractivity contribution in [1.29, 1.82) is 0 Å². The van der Waals surface area contributed by atoms with Crippen molar-refractivity contribution in [1.82, 2.24) is 9.80 Å². The van der Waals surface area contributed by atoms with Crippen LogP contribution < -0.4 is 5.32 Å². The minimum atomic E-state index is -5.08. The van der Waals surface area contributed by atoms with Gasteiger partial charge in [-0.05, 0) is 56.3 Å². The highest BCUT2D eigenvalue weighted by Crippen LogP contribution is 2.39. The number of hydrogen-bond acceptors (Lipinski definition) is 3. The van der Waals surface area contributed by atoms with Crippen LogP contribution in [0.2, 0.25) is 0 Å². The summed E-state index contributed by atoms with van der Waals surface area (Å²) in [5.74, 6) is -2.05. The number of piperidine rings is 1. The molecule has 6 nitrogen and oxygen atoms in total. The van der Waals surface area contributed by atoms with Crippen LogP contribution in [0.1, 0.15) is 38.7 Å². The Morgan fingerprint density at radius 2 is 1.87 bits per heavy atom. The molecule has 1 atom stereocenters. The first kappa shape index (κ1) is 25.0. The summed E-state index contributed by atoms with van der Waals surface area (Å²) in [5.41, 5.74) is 2.38. The smallest absolute Gasteiger partial charge is 0.475 e. The zero-order valence-electron chi connectivity index (χ0n) is 18.3. The van der Waals surface area contributed by atoms with Crippen LogP contribution in [0, 0.1) is 18.3 Å². The molecule has 31 heavy (non-hydrogen) atoms. The van der Waals surface area contributed by atoms with E-state index in [9.17, 15) is 18.0 Å². The molecule has 1 spiro atoms. The van der Waals surface area contributed by atoms with E-state index in [0.29, 0.717) is 11.3 Å². The first-order valence-corrected chi connectivity index (χ1v) is 10.6. The first-order valence-electron chi connectivity index (χ1n) is 10.6. The van der Waals surface area contributed by atoms with E-state index in [0.717, 1.165) is 31.7 Å². The van der Waals surface area contributed by atoms with Crippen LogP contribution in [0.15, 0.2) is 24.3 Å². The molecule has 2 amide bonds. The lowest BCUT2D eigenvalue weighted by Crippen LogP contribution is -2.46. The summed E-state index contributed by atoms with van der Waals surface area (Å²) in [7, 11) is 0. The molecule has 0 aliphatic carbocycles. The van der Waals surface area contributed by atoms with Crippen molar-refractivity contribution in [2.75, 3.05) is 38.0 Å². The molecule has 2 N–H and O–H groups in total. The van der Waals surface area contributed by atoms with Crippen LogP contribution >= 0.6 is 0 Å². The van der Waals surface area contributed by atoms with Crippen molar-refractivity contribution >= 4 is 17.7 Å². The molecule has 1 unspecified atom stereocenters. The minimum absolute atomic E-state index is 0.0541. The summed E-state index contributed by atoms with van der Waals surface area (Å²) in [6.07, 6.45) is -1.42. The maximum Gasteiger partial charge on any atom is 0.490 e. The number of carboxylic acids is 1. The second-order valence-corrected chi connectivity index (χ2v) is 9.01. The first-order chi connectivity index (χ1) is 14.4. The summed E-state index contributed by atoms with van der Waals surface area (Å²) in [6.45, 7) is 12.0. The highest BCUT2D eigenvalue weighted by atomic mass is 19.4. The van der Waals surface area contributed by atoms with Gasteiger partial charge in [0.15, 0.2) is 0 Å². The zero-order chi connectivity index (χ0) is 23.2. The number of carbonyl (C=O) groups excluding carboxylic acids is 1. The summed E-state index contributed by atoms with van der Waals surface area (Å²) >= 11 is 0. The maximum absolute atomic E-state index is 12.6. The predicted molar refractivity (Wildman–Crippen MR) is 113 cm³/mol. The number of aliphatic carboxylic acids is 1. The van der Waals surface area contributed by atoms with Crippen LogP contribution in [0.3, 0.4) is 0 Å². The highest BCUT2D eigenvalue weighted by molar-refractivity contribution is 5.89. The number of nitrogens with zero attached hydrogens (tertiary/aromatic N) is 2. The number of aryl methyl sites for hydroxylation is 1. The number of benzene rings is 1. The molecule has 2 heterocycles. The Bertz CT molecular complexity index is 770. The van der Waals surface area contributed by atoms with Crippen molar-refractivity contribution < 1.29 is 27.9 Å². The summed E-state index contributed by atoms with van der Waals surface area (Å²) in [6, 6.07) is 8.07. The molecule has 0 radical (unpaired) electrons. The van der Waals surface area contributed by atoms with Crippen molar-refractivity contribution in [2.45, 2.75) is 46.2 Å². The third-order valence-electron chi connectivity index (χ3n) is 5.60. The van der Waals surface area contributed by atoms with Gasteiger partial charge in [-0.25, -0.2) is 9.59 Å². The molecule has 0 aromatic heterocycles. The average Bonchev–Trinajstić information content (AvgIpc) is 3.04. The normalized spacial score (nSPS) is 21.7. The van der Waals surface area contributed by atoms with E-state index in [4.69, 9.17) is 9.90 Å². The molecule has 2 aliphatic heterocycles. The SMILES string of the molecule is Cc1cccc(NC(=O)N2CCC3(CCCN(CC(C)C)C3)C2)c1.O=C(O)C(F)(F)F. The fraction of sp³-hybridized carbons (Fsp3) is 0.636. The molecule has 0 bridgehead atoms. The Morgan fingerprint density at radius 1 is 1.19 bits per heavy atom. The van der Waals surface area contributed by atoms with Crippen LogP contribution in [0.5, 0.6) is 0 Å². The number of hydrogen-bond donors (Lipinski definition) is 2. The van der Waals surface area contributed by atoms with Crippen molar-refractivity contribution in [3.05, 3.63) is 29.8 Å². The molecule has 9 heteroatoms. The lowest BCUT2D eigenvalue weighted by atomic mass is 9.79. The summed E-state index contributed by atoms with van der Waals surface area (Å²) in [5, 5.41) is 10.2. The Kier molecular flexibility index (Phi) is 8.34. The number of rotatable bonds is 3. The van der Waals surface area contributed by atoms with E-state index in [1.165, 1.54) is 31.5 Å². The quantitative estimate of drug-likeness (QED) is 0.716. The number of alkyl halides is 3. The van der Waals surface area contributed by atoms with Gasteiger partial charge in [0.2, 0.25) is 0 Å². The van der Waals surface area contributed by atoms with E-state index in [1.807, 2.05) is 36.1 Å². The third kappa shape index (κ3) is 7.72. The number of amides is 2. The third-order valence-corrected chi connectivity index (χ3v) is 5.60. The van der Waals surface area contributed by atoms with Crippen LogP contribution in [-0.4, -0.2) is 65.8 Å². The van der Waals surface area contributed by atoms with Crippen LogP contribution in [0.25, 0.3) is 0 Å². The molecular formula is C22H32F3N3O3. The lowest BCUT2D eigenvalue weighted by Gasteiger charge is -2.41. The Balaban J connectivity index is 0.000000423. The second kappa shape index (κ2) is 10.3. The maximum atomic E-state index is 12.6. The van der Waals surface area contributed by atoms with Crippen molar-refractivity contribution in [3.63, 3.8) is 0 Å². The number of halogens is 3. The van der Waals surface area contributed by atoms with Gasteiger partial charge in [0.05, 0.1) is 0 Å². The van der Waals surface area contributed by atoms with Crippen LogP contribution in [0.4, 0.5) is 23.7 Å². The van der Waals surface area contributed by atoms with E-state index in [1.54, 1.807) is 0 Å². The molecule has 1 aromatic carbocycles. The van der Waals surface area contributed by atoms with Gasteiger partial charge in [0.1, 0.15) is 0 Å². The fourth-order valence-electron chi connectivity index (χ4n) is 4.35. The zero-order valence-corrected chi connectivity index (χ0v) is 18.3. The van der Waals surface area contributed by atoms with E-state index < -0.39 is 12.1 Å². The van der Waals surface area contributed by atoms with Gasteiger partial charge < -0.3 is 20.2 Å².